The number of allylic oxidation sites excluding steroid dienone is 1. The fourth-order valence-corrected chi connectivity index (χ4v) is 2.23. The molecule has 112 valence electrons. The van der Waals surface area contributed by atoms with Crippen molar-refractivity contribution in [3.63, 3.8) is 0 Å². The second-order valence-corrected chi connectivity index (χ2v) is 5.40. The first-order chi connectivity index (χ1) is 9.42. The molecule has 0 aliphatic carbocycles. The van der Waals surface area contributed by atoms with E-state index in [0.29, 0.717) is 12.8 Å². The van der Waals surface area contributed by atoms with Crippen LogP contribution in [0.1, 0.15) is 46.1 Å². The van der Waals surface area contributed by atoms with Crippen molar-refractivity contribution in [2.75, 3.05) is 0 Å². The Kier molecular flexibility index (Phi) is 6.76. The van der Waals surface area contributed by atoms with Crippen LogP contribution >= 0.6 is 0 Å². The Balaban J connectivity index is 2.68. The highest BCUT2D eigenvalue weighted by Crippen LogP contribution is 2.23. The van der Waals surface area contributed by atoms with Gasteiger partial charge in [0, 0.05) is 6.42 Å². The smallest absolute Gasteiger partial charge is 0.119 e. The van der Waals surface area contributed by atoms with Gasteiger partial charge in [-0.25, -0.2) is 0 Å². The van der Waals surface area contributed by atoms with Crippen LogP contribution in [0.3, 0.4) is 0 Å². The first-order valence-electron chi connectivity index (χ1n) is 7.20. The van der Waals surface area contributed by atoms with E-state index in [1.807, 2.05) is 44.2 Å². The zero-order valence-corrected chi connectivity index (χ0v) is 12.8. The molecule has 3 nitrogen and oxygen atoms in total. The quantitative estimate of drug-likeness (QED) is 0.803. The molecule has 0 aliphatic rings. The summed E-state index contributed by atoms with van der Waals surface area (Å²) in [6.07, 6.45) is 2.57. The lowest BCUT2D eigenvalue weighted by atomic mass is 10.00. The summed E-state index contributed by atoms with van der Waals surface area (Å²) in [6, 6.07) is 7.86. The van der Waals surface area contributed by atoms with Crippen LogP contribution in [0.2, 0.25) is 0 Å². The SMILES string of the molecule is CC=C(CC(C)O)c1ccc(OC(C)CC(C)O)cc1. The highest BCUT2D eigenvalue weighted by molar-refractivity contribution is 5.66. The van der Waals surface area contributed by atoms with Gasteiger partial charge in [-0.15, -0.1) is 0 Å². The van der Waals surface area contributed by atoms with Gasteiger partial charge in [-0.1, -0.05) is 18.2 Å². The molecule has 3 unspecified atom stereocenters. The third kappa shape index (κ3) is 5.76. The summed E-state index contributed by atoms with van der Waals surface area (Å²) in [7, 11) is 0. The maximum absolute atomic E-state index is 9.48. The summed E-state index contributed by atoms with van der Waals surface area (Å²) in [4.78, 5) is 0. The first-order valence-corrected chi connectivity index (χ1v) is 7.20. The predicted molar refractivity (Wildman–Crippen MR) is 82.8 cm³/mol. The molecule has 0 bridgehead atoms. The largest absolute Gasteiger partial charge is 0.491 e. The molecular weight excluding hydrogens is 252 g/mol. The molecule has 0 saturated heterocycles. The third-order valence-electron chi connectivity index (χ3n) is 3.10. The van der Waals surface area contributed by atoms with E-state index in [1.165, 1.54) is 0 Å². The van der Waals surface area contributed by atoms with Crippen molar-refractivity contribution in [1.82, 2.24) is 0 Å². The van der Waals surface area contributed by atoms with Gasteiger partial charge < -0.3 is 14.9 Å². The molecule has 3 heteroatoms. The monoisotopic (exact) mass is 278 g/mol. The first kappa shape index (κ1) is 16.7. The van der Waals surface area contributed by atoms with E-state index in [2.05, 4.69) is 0 Å². The van der Waals surface area contributed by atoms with E-state index in [1.54, 1.807) is 13.8 Å². The Bertz CT molecular complexity index is 418. The minimum atomic E-state index is -0.357. The van der Waals surface area contributed by atoms with E-state index in [0.717, 1.165) is 16.9 Å². The predicted octanol–water partition coefficient (Wildman–Crippen LogP) is 3.40. The minimum Gasteiger partial charge on any atom is -0.491 e. The summed E-state index contributed by atoms with van der Waals surface area (Å²) >= 11 is 0. The van der Waals surface area contributed by atoms with Gasteiger partial charge >= 0.3 is 0 Å². The molecule has 0 aliphatic heterocycles. The summed E-state index contributed by atoms with van der Waals surface area (Å²) in [6.45, 7) is 7.48. The Morgan fingerprint density at radius 2 is 1.70 bits per heavy atom. The van der Waals surface area contributed by atoms with Crippen LogP contribution in [0.5, 0.6) is 5.75 Å². The minimum absolute atomic E-state index is 0.0144. The van der Waals surface area contributed by atoms with Crippen molar-refractivity contribution >= 4 is 5.57 Å². The van der Waals surface area contributed by atoms with Crippen LogP contribution in [0.15, 0.2) is 30.3 Å². The van der Waals surface area contributed by atoms with Gasteiger partial charge in [-0.3, -0.25) is 0 Å². The van der Waals surface area contributed by atoms with Crippen LogP contribution in [-0.2, 0) is 0 Å². The Labute approximate surface area is 121 Å². The zero-order chi connectivity index (χ0) is 15.1. The summed E-state index contributed by atoms with van der Waals surface area (Å²) < 4.78 is 5.75. The molecular formula is C17H26O3. The normalized spacial score (nSPS) is 16.6. The number of hydrogen-bond donors (Lipinski definition) is 2. The van der Waals surface area contributed by atoms with Gasteiger partial charge in [-0.2, -0.15) is 0 Å². The van der Waals surface area contributed by atoms with Crippen LogP contribution < -0.4 is 4.74 Å². The average Bonchev–Trinajstić information content (AvgIpc) is 2.35. The summed E-state index contributed by atoms with van der Waals surface area (Å²) in [5.74, 6) is 0.800. The van der Waals surface area contributed by atoms with E-state index in [9.17, 15) is 10.2 Å². The van der Waals surface area contributed by atoms with E-state index in [-0.39, 0.29) is 18.3 Å². The molecule has 2 N–H and O–H groups in total. The van der Waals surface area contributed by atoms with Gasteiger partial charge in [0.1, 0.15) is 5.75 Å². The van der Waals surface area contributed by atoms with Gasteiger partial charge in [0.2, 0.25) is 0 Å². The van der Waals surface area contributed by atoms with Crippen molar-refractivity contribution in [1.29, 1.82) is 0 Å². The van der Waals surface area contributed by atoms with Crippen LogP contribution in [0, 0.1) is 0 Å². The molecule has 0 fully saturated rings. The molecule has 0 aromatic heterocycles. The summed E-state index contributed by atoms with van der Waals surface area (Å²) in [5, 5.41) is 18.8. The van der Waals surface area contributed by atoms with Gasteiger partial charge in [0.15, 0.2) is 0 Å². The van der Waals surface area contributed by atoms with Crippen molar-refractivity contribution in [2.45, 2.75) is 58.8 Å². The number of aliphatic hydroxyl groups excluding tert-OH is 2. The van der Waals surface area contributed by atoms with E-state index >= 15 is 0 Å². The molecule has 0 amide bonds. The number of ether oxygens (including phenoxy) is 1. The highest BCUT2D eigenvalue weighted by atomic mass is 16.5. The van der Waals surface area contributed by atoms with Crippen LogP contribution in [0.25, 0.3) is 5.57 Å². The van der Waals surface area contributed by atoms with Crippen molar-refractivity contribution < 1.29 is 14.9 Å². The maximum Gasteiger partial charge on any atom is 0.119 e. The maximum atomic E-state index is 9.48. The molecule has 0 radical (unpaired) electrons. The van der Waals surface area contributed by atoms with Crippen molar-refractivity contribution in [2.24, 2.45) is 0 Å². The Morgan fingerprint density at radius 1 is 1.10 bits per heavy atom. The lowest BCUT2D eigenvalue weighted by Gasteiger charge is -2.17. The fourth-order valence-electron chi connectivity index (χ4n) is 2.23. The standard InChI is InChI=1S/C17H26O3/c1-5-15(11-13(3)19)16-6-8-17(9-7-16)20-14(4)10-12(2)18/h5-9,12-14,18-19H,10-11H2,1-4H3. The van der Waals surface area contributed by atoms with Crippen molar-refractivity contribution in [3.05, 3.63) is 35.9 Å². The number of rotatable bonds is 7. The molecule has 1 rings (SSSR count). The van der Waals surface area contributed by atoms with Crippen LogP contribution in [-0.4, -0.2) is 28.5 Å². The Morgan fingerprint density at radius 3 is 2.15 bits per heavy atom. The second-order valence-electron chi connectivity index (χ2n) is 5.40. The number of hydrogen-bond acceptors (Lipinski definition) is 3. The average molecular weight is 278 g/mol. The van der Waals surface area contributed by atoms with Gasteiger partial charge in [0.05, 0.1) is 18.3 Å². The van der Waals surface area contributed by atoms with Gasteiger partial charge in [0.25, 0.3) is 0 Å². The molecule has 0 heterocycles. The lowest BCUT2D eigenvalue weighted by molar-refractivity contribution is 0.115. The number of aliphatic hydroxyl groups is 2. The third-order valence-corrected chi connectivity index (χ3v) is 3.10. The summed E-state index contributed by atoms with van der Waals surface area (Å²) in [5.41, 5.74) is 2.23. The van der Waals surface area contributed by atoms with Crippen LogP contribution in [0.4, 0.5) is 0 Å². The zero-order valence-electron chi connectivity index (χ0n) is 12.8. The molecule has 20 heavy (non-hydrogen) atoms. The highest BCUT2D eigenvalue weighted by Gasteiger charge is 2.09. The molecule has 3 atom stereocenters. The van der Waals surface area contributed by atoms with Crippen molar-refractivity contribution in [3.8, 4) is 5.75 Å². The van der Waals surface area contributed by atoms with E-state index in [4.69, 9.17) is 4.74 Å². The molecule has 0 saturated carbocycles. The topological polar surface area (TPSA) is 49.7 Å². The molecule has 1 aromatic rings. The van der Waals surface area contributed by atoms with Gasteiger partial charge in [-0.05, 0) is 57.4 Å². The van der Waals surface area contributed by atoms with E-state index < -0.39 is 0 Å². The lowest BCUT2D eigenvalue weighted by Crippen LogP contribution is -2.18. The molecule has 0 spiro atoms. The molecule has 1 aromatic carbocycles. The number of benzene rings is 1. The fraction of sp³-hybridized carbons (Fsp3) is 0.529. The Hall–Kier alpha value is -1.32. The second kappa shape index (κ2) is 8.08.